The van der Waals surface area contributed by atoms with Gasteiger partial charge in [0.15, 0.2) is 0 Å². The van der Waals surface area contributed by atoms with Crippen LogP contribution in [0.4, 0.5) is 5.69 Å². The van der Waals surface area contributed by atoms with E-state index in [1.165, 1.54) is 23.6 Å². The number of carbonyl (C=O) groups excluding carboxylic acids is 1. The molecule has 0 saturated heterocycles. The second-order valence-electron chi connectivity index (χ2n) is 6.87. The number of hydrogen-bond acceptors (Lipinski definition) is 4. The zero-order valence-corrected chi connectivity index (χ0v) is 16.9. The van der Waals surface area contributed by atoms with Gasteiger partial charge in [-0.2, -0.15) is 4.31 Å². The average molecular weight is 382 g/mol. The van der Waals surface area contributed by atoms with Crippen molar-refractivity contribution in [1.29, 1.82) is 0 Å². The molecule has 1 fully saturated rings. The van der Waals surface area contributed by atoms with Gasteiger partial charge in [0, 0.05) is 24.8 Å². The second kappa shape index (κ2) is 9.48. The van der Waals surface area contributed by atoms with Crippen LogP contribution in [0.2, 0.25) is 0 Å². The van der Waals surface area contributed by atoms with Gasteiger partial charge >= 0.3 is 0 Å². The Kier molecular flexibility index (Phi) is 7.61. The highest BCUT2D eigenvalue weighted by Gasteiger charge is 2.22. The summed E-state index contributed by atoms with van der Waals surface area (Å²) >= 11 is 0. The van der Waals surface area contributed by atoms with E-state index in [0.717, 1.165) is 12.8 Å². The third-order valence-corrected chi connectivity index (χ3v) is 7.14. The van der Waals surface area contributed by atoms with Crippen LogP contribution in [0, 0.1) is 0 Å². The van der Waals surface area contributed by atoms with Crippen molar-refractivity contribution in [2.75, 3.05) is 32.0 Å². The molecule has 1 aliphatic rings. The van der Waals surface area contributed by atoms with Crippen LogP contribution < -0.4 is 5.32 Å². The molecular formula is C19H31N3O3S. The standard InChI is InChI=1S/C19H31N3O3S/c1-4-22(5-2)26(24,25)18-13-11-16(12-14-18)20-19(23)15-21(3)17-9-7-6-8-10-17/h11-14,17H,4-10,15H2,1-3H3,(H,20,23). The summed E-state index contributed by atoms with van der Waals surface area (Å²) in [5, 5.41) is 2.86. The molecule has 1 aliphatic carbocycles. The van der Waals surface area contributed by atoms with E-state index >= 15 is 0 Å². The molecule has 1 saturated carbocycles. The van der Waals surface area contributed by atoms with Crippen LogP contribution in [0.25, 0.3) is 0 Å². The van der Waals surface area contributed by atoms with Gasteiger partial charge in [0.25, 0.3) is 0 Å². The molecule has 0 atom stereocenters. The smallest absolute Gasteiger partial charge is 0.243 e. The maximum atomic E-state index is 12.5. The van der Waals surface area contributed by atoms with Crippen LogP contribution in [0.1, 0.15) is 46.0 Å². The Morgan fingerprint density at radius 1 is 1.08 bits per heavy atom. The largest absolute Gasteiger partial charge is 0.325 e. The molecule has 146 valence electrons. The fraction of sp³-hybridized carbons (Fsp3) is 0.632. The van der Waals surface area contributed by atoms with Crippen molar-refractivity contribution in [2.45, 2.75) is 56.9 Å². The first-order chi connectivity index (χ1) is 12.4. The summed E-state index contributed by atoms with van der Waals surface area (Å²) in [6.07, 6.45) is 6.07. The molecule has 1 aromatic rings. The van der Waals surface area contributed by atoms with Crippen LogP contribution in [0.3, 0.4) is 0 Å². The molecule has 1 N–H and O–H groups in total. The van der Waals surface area contributed by atoms with Crippen molar-refractivity contribution < 1.29 is 13.2 Å². The van der Waals surface area contributed by atoms with Gasteiger partial charge in [0.05, 0.1) is 11.4 Å². The second-order valence-corrected chi connectivity index (χ2v) is 8.81. The summed E-state index contributed by atoms with van der Waals surface area (Å²) in [6.45, 7) is 4.86. The molecule has 1 amide bonds. The molecular weight excluding hydrogens is 350 g/mol. The third-order valence-electron chi connectivity index (χ3n) is 5.07. The van der Waals surface area contributed by atoms with Gasteiger partial charge < -0.3 is 5.32 Å². The summed E-state index contributed by atoms with van der Waals surface area (Å²) < 4.78 is 26.4. The molecule has 0 spiro atoms. The number of sulfonamides is 1. The maximum Gasteiger partial charge on any atom is 0.243 e. The molecule has 0 bridgehead atoms. The molecule has 0 heterocycles. The number of benzene rings is 1. The van der Waals surface area contributed by atoms with Crippen LogP contribution in [0.5, 0.6) is 0 Å². The Morgan fingerprint density at radius 3 is 2.19 bits per heavy atom. The lowest BCUT2D eigenvalue weighted by atomic mass is 9.94. The number of hydrogen-bond donors (Lipinski definition) is 1. The van der Waals surface area contributed by atoms with Gasteiger partial charge in [-0.15, -0.1) is 0 Å². The van der Waals surface area contributed by atoms with Gasteiger partial charge in [0.2, 0.25) is 15.9 Å². The number of rotatable bonds is 8. The summed E-state index contributed by atoms with van der Waals surface area (Å²) in [7, 11) is -1.47. The summed E-state index contributed by atoms with van der Waals surface area (Å²) in [6, 6.07) is 6.88. The van der Waals surface area contributed by atoms with Crippen molar-refractivity contribution in [1.82, 2.24) is 9.21 Å². The van der Waals surface area contributed by atoms with Crippen molar-refractivity contribution in [3.8, 4) is 0 Å². The van der Waals surface area contributed by atoms with Crippen LogP contribution in [0.15, 0.2) is 29.2 Å². The number of nitrogens with one attached hydrogen (secondary N) is 1. The van der Waals surface area contributed by atoms with E-state index in [-0.39, 0.29) is 10.8 Å². The molecule has 0 unspecified atom stereocenters. The van der Waals surface area contributed by atoms with Crippen molar-refractivity contribution >= 4 is 21.6 Å². The molecule has 0 aliphatic heterocycles. The van der Waals surface area contributed by atoms with Gasteiger partial charge in [-0.05, 0) is 44.2 Å². The highest BCUT2D eigenvalue weighted by Crippen LogP contribution is 2.22. The Labute approximate surface area is 157 Å². The predicted octanol–water partition coefficient (Wildman–Crippen LogP) is 2.92. The van der Waals surface area contributed by atoms with E-state index < -0.39 is 10.0 Å². The van der Waals surface area contributed by atoms with E-state index in [1.807, 2.05) is 20.9 Å². The normalized spacial score (nSPS) is 16.2. The molecule has 26 heavy (non-hydrogen) atoms. The first-order valence-corrected chi connectivity index (χ1v) is 10.9. The Morgan fingerprint density at radius 2 is 1.65 bits per heavy atom. The number of carbonyl (C=O) groups is 1. The monoisotopic (exact) mass is 381 g/mol. The first kappa shape index (κ1) is 20.9. The summed E-state index contributed by atoms with van der Waals surface area (Å²) in [5.41, 5.74) is 0.616. The average Bonchev–Trinajstić information content (AvgIpc) is 2.63. The molecule has 0 aromatic heterocycles. The molecule has 7 heteroatoms. The van der Waals surface area contributed by atoms with Gasteiger partial charge in [-0.1, -0.05) is 33.1 Å². The van der Waals surface area contributed by atoms with E-state index in [4.69, 9.17) is 0 Å². The van der Waals surface area contributed by atoms with Gasteiger partial charge in [-0.25, -0.2) is 8.42 Å². The van der Waals surface area contributed by atoms with Gasteiger partial charge in [0.1, 0.15) is 0 Å². The SMILES string of the molecule is CCN(CC)S(=O)(=O)c1ccc(NC(=O)CN(C)C2CCCCC2)cc1. The van der Waals surface area contributed by atoms with E-state index in [0.29, 0.717) is 31.4 Å². The Bertz CT molecular complexity index is 678. The zero-order chi connectivity index (χ0) is 19.2. The van der Waals surface area contributed by atoms with Crippen molar-refractivity contribution in [2.24, 2.45) is 0 Å². The summed E-state index contributed by atoms with van der Waals surface area (Å²) in [5.74, 6) is -0.0718. The molecule has 2 rings (SSSR count). The topological polar surface area (TPSA) is 69.7 Å². The molecule has 1 aromatic carbocycles. The fourth-order valence-corrected chi connectivity index (χ4v) is 4.96. The predicted molar refractivity (Wildman–Crippen MR) is 105 cm³/mol. The Balaban J connectivity index is 1.95. The van der Waals surface area contributed by atoms with Crippen molar-refractivity contribution in [3.05, 3.63) is 24.3 Å². The summed E-state index contributed by atoms with van der Waals surface area (Å²) in [4.78, 5) is 14.6. The number of likely N-dealkylation sites (N-methyl/N-ethyl adjacent to an activating group) is 1. The highest BCUT2D eigenvalue weighted by molar-refractivity contribution is 7.89. The Hall–Kier alpha value is -1.44. The fourth-order valence-electron chi connectivity index (χ4n) is 3.50. The van der Waals surface area contributed by atoms with Crippen LogP contribution in [-0.4, -0.2) is 56.3 Å². The highest BCUT2D eigenvalue weighted by atomic mass is 32.2. The lowest BCUT2D eigenvalue weighted by Crippen LogP contribution is -2.39. The lowest BCUT2D eigenvalue weighted by molar-refractivity contribution is -0.117. The first-order valence-electron chi connectivity index (χ1n) is 9.48. The quantitative estimate of drug-likeness (QED) is 0.752. The van der Waals surface area contributed by atoms with Crippen LogP contribution in [-0.2, 0) is 14.8 Å². The number of nitrogens with zero attached hydrogens (tertiary/aromatic N) is 2. The third kappa shape index (κ3) is 5.28. The van der Waals surface area contributed by atoms with Gasteiger partial charge in [-0.3, -0.25) is 9.69 Å². The minimum atomic E-state index is -3.47. The van der Waals surface area contributed by atoms with E-state index in [2.05, 4.69) is 10.2 Å². The maximum absolute atomic E-state index is 12.5. The van der Waals surface area contributed by atoms with Crippen LogP contribution >= 0.6 is 0 Å². The molecule has 0 radical (unpaired) electrons. The number of anilines is 1. The van der Waals surface area contributed by atoms with Crippen molar-refractivity contribution in [3.63, 3.8) is 0 Å². The van der Waals surface area contributed by atoms with E-state index in [1.54, 1.807) is 24.3 Å². The zero-order valence-electron chi connectivity index (χ0n) is 16.1. The molecule has 6 nitrogen and oxygen atoms in total. The minimum absolute atomic E-state index is 0.0718. The lowest BCUT2D eigenvalue weighted by Gasteiger charge is -2.30. The van der Waals surface area contributed by atoms with E-state index in [9.17, 15) is 13.2 Å². The number of amides is 1. The minimum Gasteiger partial charge on any atom is -0.325 e.